The molecule has 3 aromatic heterocycles. The quantitative estimate of drug-likeness (QED) is 0.129. The highest BCUT2D eigenvalue weighted by Crippen LogP contribution is 2.40. The van der Waals surface area contributed by atoms with Crippen molar-refractivity contribution >= 4 is 57.1 Å². The van der Waals surface area contributed by atoms with E-state index in [1.807, 2.05) is 46.8 Å². The maximum absolute atomic E-state index is 13.0. The highest BCUT2D eigenvalue weighted by Gasteiger charge is 2.28. The normalized spacial score (nSPS) is 17.1. The average Bonchev–Trinajstić information content (AvgIpc) is 3.86. The Morgan fingerprint density at radius 2 is 1.83 bits per heavy atom. The lowest BCUT2D eigenvalue weighted by Crippen LogP contribution is -2.46. The first-order valence-corrected chi connectivity index (χ1v) is 20.4. The van der Waals surface area contributed by atoms with Gasteiger partial charge in [-0.2, -0.15) is 4.98 Å². The summed E-state index contributed by atoms with van der Waals surface area (Å²) in [6, 6.07) is 18.4. The van der Waals surface area contributed by atoms with Gasteiger partial charge in [-0.3, -0.25) is 24.6 Å². The number of amides is 3. The smallest absolute Gasteiger partial charge is 0.315 e. The number of hydrogen-bond acceptors (Lipinski definition) is 12. The van der Waals surface area contributed by atoms with Gasteiger partial charge in [0.2, 0.25) is 11.8 Å². The van der Waals surface area contributed by atoms with Crippen molar-refractivity contribution in [1.29, 1.82) is 0 Å². The summed E-state index contributed by atoms with van der Waals surface area (Å²) in [7, 11) is 1.71. The largest absolute Gasteiger partial charge is 0.495 e. The van der Waals surface area contributed by atoms with Crippen LogP contribution in [-0.4, -0.2) is 86.3 Å². The van der Waals surface area contributed by atoms with E-state index in [4.69, 9.17) is 14.2 Å². The van der Waals surface area contributed by atoms with Crippen molar-refractivity contribution in [3.63, 3.8) is 0 Å². The van der Waals surface area contributed by atoms with Crippen LogP contribution in [0.25, 0.3) is 33.2 Å². The number of aromatic nitrogens is 5. The minimum absolute atomic E-state index is 0.0573. The number of methoxy groups -OCH3 is 1. The van der Waals surface area contributed by atoms with E-state index in [1.54, 1.807) is 13.4 Å². The minimum atomic E-state index is -0.419. The number of carbonyl (C=O) groups is 3. The third kappa shape index (κ3) is 8.01. The molecule has 2 fully saturated rings. The van der Waals surface area contributed by atoms with Crippen LogP contribution in [0.4, 0.5) is 5.69 Å². The average molecular weight is 802 g/mol. The number of nitrogens with zero attached hydrogens (tertiary/aromatic N) is 6. The third-order valence-electron chi connectivity index (χ3n) is 10.8. The molecule has 2 atom stereocenters. The number of anilines is 1. The lowest BCUT2D eigenvalue weighted by atomic mass is 9.96. The second kappa shape index (κ2) is 15.9. The molecule has 58 heavy (non-hydrogen) atoms. The van der Waals surface area contributed by atoms with Gasteiger partial charge in [-0.25, -0.2) is 9.97 Å². The third-order valence-corrected chi connectivity index (χ3v) is 12.1. The van der Waals surface area contributed by atoms with Crippen molar-refractivity contribution in [2.24, 2.45) is 0 Å². The zero-order chi connectivity index (χ0) is 40.7. The zero-order valence-electron chi connectivity index (χ0n) is 33.5. The molecule has 3 amide bonds. The van der Waals surface area contributed by atoms with E-state index in [0.29, 0.717) is 18.7 Å². The van der Waals surface area contributed by atoms with Gasteiger partial charge in [-0.1, -0.05) is 50.2 Å². The number of imide groups is 1. The Hall–Kier alpha value is -5.80. The number of piperidine rings is 1. The molecule has 2 aliphatic heterocycles. The fraction of sp³-hybridized carbons (Fsp3) is 0.372. The fourth-order valence-corrected chi connectivity index (χ4v) is 8.69. The molecule has 2 saturated heterocycles. The van der Waals surface area contributed by atoms with Crippen LogP contribution in [0.3, 0.4) is 0 Å². The molecular formula is C43H47N9O5S. The van der Waals surface area contributed by atoms with Crippen LogP contribution in [0.5, 0.6) is 5.75 Å². The Labute approximate surface area is 340 Å². The first-order valence-electron chi connectivity index (χ1n) is 19.5. The zero-order valence-corrected chi connectivity index (χ0v) is 34.3. The van der Waals surface area contributed by atoms with Crippen molar-refractivity contribution in [1.82, 2.24) is 40.6 Å². The molecule has 3 aromatic carbocycles. The Kier molecular flexibility index (Phi) is 10.7. The number of piperazine rings is 1. The molecule has 0 aliphatic carbocycles. The second-order valence-corrected chi connectivity index (χ2v) is 17.3. The lowest BCUT2D eigenvalue weighted by molar-refractivity contribution is -0.132. The van der Waals surface area contributed by atoms with E-state index in [1.165, 1.54) is 17.3 Å². The van der Waals surface area contributed by atoms with E-state index in [2.05, 4.69) is 83.0 Å². The standard InChI is InChI=1S/C43H47N9O5S/c1-24-19-27(9-12-29(24)25(2)46-40(55)41-49-42(50-57-41)43(3,4)5)37-36-30-20-33(56-6)32(21-31(30)47-38(36)45-23-44-37)52-17-15-51(16-18-52)22-26-7-10-28(11-8-26)58-34-13-14-35(53)48-39(34)54/h7-12,19-21,23,25,34H,13-18,22H2,1-6H3,(H,46,55)(H,44,45,47)(H,48,53,54)/t25-,34?/m1/s1. The predicted molar refractivity (Wildman–Crippen MR) is 223 cm³/mol. The first-order chi connectivity index (χ1) is 27.8. The summed E-state index contributed by atoms with van der Waals surface area (Å²) in [5.74, 6) is 0.394. The van der Waals surface area contributed by atoms with Crippen LogP contribution < -0.4 is 20.3 Å². The number of thioether (sulfide) groups is 1. The fourth-order valence-electron chi connectivity index (χ4n) is 7.67. The minimum Gasteiger partial charge on any atom is -0.495 e. The molecule has 14 nitrogen and oxygen atoms in total. The number of hydrogen-bond donors (Lipinski definition) is 3. The van der Waals surface area contributed by atoms with E-state index in [-0.39, 0.29) is 34.4 Å². The number of H-pyrrole nitrogens is 1. The van der Waals surface area contributed by atoms with Crippen molar-refractivity contribution < 1.29 is 23.6 Å². The molecule has 3 N–H and O–H groups in total. The second-order valence-electron chi connectivity index (χ2n) is 16.0. The Bertz CT molecular complexity index is 2520. The number of nitrogens with one attached hydrogen (secondary N) is 3. The summed E-state index contributed by atoms with van der Waals surface area (Å²) >= 11 is 1.51. The number of carbonyl (C=O) groups excluding carboxylic acids is 3. The van der Waals surface area contributed by atoms with Crippen molar-refractivity contribution in [3.8, 4) is 17.0 Å². The van der Waals surface area contributed by atoms with Crippen molar-refractivity contribution in [3.05, 3.63) is 89.3 Å². The molecule has 6 aromatic rings. The maximum atomic E-state index is 13.0. The van der Waals surface area contributed by atoms with E-state index >= 15 is 0 Å². The van der Waals surface area contributed by atoms with Crippen molar-refractivity contribution in [2.45, 2.75) is 75.6 Å². The van der Waals surface area contributed by atoms with Crippen LogP contribution in [0.1, 0.15) is 79.8 Å². The Morgan fingerprint density at radius 1 is 1.05 bits per heavy atom. The van der Waals surface area contributed by atoms with Gasteiger partial charge in [0.25, 0.3) is 0 Å². The van der Waals surface area contributed by atoms with Crippen LogP contribution in [0, 0.1) is 6.92 Å². The maximum Gasteiger partial charge on any atom is 0.315 e. The molecule has 300 valence electrons. The van der Waals surface area contributed by atoms with Crippen LogP contribution in [-0.2, 0) is 21.5 Å². The van der Waals surface area contributed by atoms with Gasteiger partial charge < -0.3 is 24.5 Å². The van der Waals surface area contributed by atoms with Gasteiger partial charge in [0.05, 0.1) is 40.7 Å². The van der Waals surface area contributed by atoms with Crippen LogP contribution in [0.15, 0.2) is 70.3 Å². The molecule has 1 unspecified atom stereocenters. The number of aryl methyl sites for hydroxylation is 1. The highest BCUT2D eigenvalue weighted by molar-refractivity contribution is 8.00. The summed E-state index contributed by atoms with van der Waals surface area (Å²) in [5.41, 5.74) is 7.29. The number of fused-ring (bicyclic) bond motifs is 3. The monoisotopic (exact) mass is 801 g/mol. The van der Waals surface area contributed by atoms with Gasteiger partial charge in [-0.05, 0) is 67.3 Å². The molecule has 5 heterocycles. The number of aromatic amines is 1. The topological polar surface area (TPSA) is 171 Å². The molecule has 0 saturated carbocycles. The number of ether oxygens (including phenoxy) is 1. The Balaban J connectivity index is 0.950. The molecule has 0 bridgehead atoms. The van der Waals surface area contributed by atoms with E-state index in [0.717, 1.165) is 93.4 Å². The Morgan fingerprint density at radius 3 is 2.52 bits per heavy atom. The summed E-state index contributed by atoms with van der Waals surface area (Å²) in [5, 5.41) is 11.1. The highest BCUT2D eigenvalue weighted by atomic mass is 32.2. The van der Waals surface area contributed by atoms with Crippen molar-refractivity contribution in [2.75, 3.05) is 38.2 Å². The van der Waals surface area contributed by atoms with Gasteiger partial charge in [0, 0.05) is 60.4 Å². The SMILES string of the molecule is COc1cc2c(cc1N1CCN(Cc3ccc(SC4CCC(=O)NC4=O)cc3)CC1)[nH]c1ncnc(-c3ccc([C@@H](C)NC(=O)c4nc(C(C)(C)C)no4)c(C)c3)c12. The summed E-state index contributed by atoms with van der Waals surface area (Å²) < 4.78 is 11.3. The number of benzene rings is 3. The molecule has 2 aliphatic rings. The van der Waals surface area contributed by atoms with Gasteiger partial charge in [0.1, 0.15) is 17.7 Å². The van der Waals surface area contributed by atoms with Gasteiger partial charge in [0.15, 0.2) is 5.82 Å². The summed E-state index contributed by atoms with van der Waals surface area (Å²) in [6.45, 7) is 14.1. The lowest BCUT2D eigenvalue weighted by Gasteiger charge is -2.36. The molecular weight excluding hydrogens is 755 g/mol. The van der Waals surface area contributed by atoms with Crippen LogP contribution >= 0.6 is 11.8 Å². The van der Waals surface area contributed by atoms with E-state index < -0.39 is 5.91 Å². The molecule has 15 heteroatoms. The molecule has 0 spiro atoms. The summed E-state index contributed by atoms with van der Waals surface area (Å²) in [4.78, 5) is 59.7. The van der Waals surface area contributed by atoms with Crippen LogP contribution in [0.2, 0.25) is 0 Å². The summed E-state index contributed by atoms with van der Waals surface area (Å²) in [6.07, 6.45) is 2.53. The molecule has 8 rings (SSSR count). The number of rotatable bonds is 10. The molecule has 0 radical (unpaired) electrons. The van der Waals surface area contributed by atoms with Gasteiger partial charge in [-0.15, -0.1) is 11.8 Å². The van der Waals surface area contributed by atoms with Gasteiger partial charge >= 0.3 is 11.8 Å². The first kappa shape index (κ1) is 39.0. The van der Waals surface area contributed by atoms with E-state index in [9.17, 15) is 14.4 Å². The predicted octanol–water partition coefficient (Wildman–Crippen LogP) is 6.49.